The summed E-state index contributed by atoms with van der Waals surface area (Å²) in [6.45, 7) is 4.72. The second kappa shape index (κ2) is 12.4. The molecule has 2 N–H and O–H groups in total. The second-order valence-electron chi connectivity index (χ2n) is 9.09. The van der Waals surface area contributed by atoms with Gasteiger partial charge in [0.05, 0.1) is 0 Å². The first-order valence-corrected chi connectivity index (χ1v) is 11.3. The van der Waals surface area contributed by atoms with Gasteiger partial charge in [0.1, 0.15) is 0 Å². The number of rotatable bonds is 4. The van der Waals surface area contributed by atoms with Gasteiger partial charge in [0.2, 0.25) is 0 Å². The minimum Gasteiger partial charge on any atom is -0.480 e. The maximum atomic E-state index is 10.1. The Balaban J connectivity index is 0.000000178. The fourth-order valence-electron chi connectivity index (χ4n) is 3.90. The molecule has 4 rings (SSSR count). The minimum absolute atomic E-state index is 0.610. The van der Waals surface area contributed by atoms with Crippen LogP contribution >= 0.6 is 0 Å². The van der Waals surface area contributed by atoms with Gasteiger partial charge in [-0.15, -0.1) is 0 Å². The minimum atomic E-state index is -1.67. The molecule has 0 aliphatic carbocycles. The summed E-state index contributed by atoms with van der Waals surface area (Å²) in [5, 5.41) is 16.5. The van der Waals surface area contributed by atoms with Gasteiger partial charge in [-0.05, 0) is 90.0 Å². The van der Waals surface area contributed by atoms with Gasteiger partial charge in [0.15, 0.2) is 5.41 Å². The molecular weight excluding hydrogens is 420 g/mol. The molecule has 0 saturated carbocycles. The Hall–Kier alpha value is -2.84. The third kappa shape index (κ3) is 7.61. The molecule has 2 fully saturated rings. The van der Waals surface area contributed by atoms with Gasteiger partial charge < -0.3 is 10.2 Å². The van der Waals surface area contributed by atoms with E-state index in [2.05, 4.69) is 46.0 Å². The predicted molar refractivity (Wildman–Crippen MR) is 127 cm³/mol. The van der Waals surface area contributed by atoms with Crippen LogP contribution in [0.3, 0.4) is 0 Å². The van der Waals surface area contributed by atoms with Crippen LogP contribution in [0.2, 0.25) is 0 Å². The number of carboxylic acids is 2. The monoisotopic (exact) mass is 456 g/mol. The molecule has 4 heterocycles. The van der Waals surface area contributed by atoms with E-state index in [1.54, 1.807) is 0 Å². The van der Waals surface area contributed by atoms with Crippen molar-refractivity contribution in [1.82, 2.24) is 19.8 Å². The third-order valence-corrected chi connectivity index (χ3v) is 6.25. The van der Waals surface area contributed by atoms with Crippen LogP contribution in [0.4, 0.5) is 0 Å². The van der Waals surface area contributed by atoms with Crippen molar-refractivity contribution in [3.63, 3.8) is 0 Å². The fourth-order valence-corrected chi connectivity index (χ4v) is 3.90. The number of likely N-dealkylation sites (tertiary alicyclic amines) is 2. The summed E-state index contributed by atoms with van der Waals surface area (Å²) in [4.78, 5) is 33.2. The van der Waals surface area contributed by atoms with Gasteiger partial charge >= 0.3 is 11.9 Å². The van der Waals surface area contributed by atoms with Gasteiger partial charge in [-0.1, -0.05) is 12.1 Å². The highest BCUT2D eigenvalue weighted by Gasteiger charge is 2.35. The number of aliphatic carboxylic acids is 2. The molecule has 8 nitrogen and oxygen atoms in total. The van der Waals surface area contributed by atoms with Gasteiger partial charge in [0.25, 0.3) is 0 Å². The quantitative estimate of drug-likeness (QED) is 0.668. The molecule has 180 valence electrons. The molecule has 2 saturated heterocycles. The normalized spacial score (nSPS) is 20.8. The molecule has 2 aliphatic heterocycles. The molecule has 0 amide bonds. The lowest BCUT2D eigenvalue weighted by atomic mass is 9.95. The van der Waals surface area contributed by atoms with Crippen LogP contribution in [0.1, 0.15) is 62.7 Å². The largest absolute Gasteiger partial charge is 0.480 e. The molecule has 2 unspecified atom stereocenters. The highest BCUT2D eigenvalue weighted by molar-refractivity contribution is 5.97. The Labute approximate surface area is 196 Å². The van der Waals surface area contributed by atoms with Crippen molar-refractivity contribution in [1.29, 1.82) is 0 Å². The molecule has 0 aromatic carbocycles. The summed E-state index contributed by atoms with van der Waals surface area (Å²) in [5.74, 6) is -2.65. The number of aromatic nitrogens is 2. The first-order chi connectivity index (χ1) is 15.6. The lowest BCUT2D eigenvalue weighted by Gasteiger charge is -2.18. The molecule has 2 aromatic heterocycles. The Morgan fingerprint density at radius 1 is 0.848 bits per heavy atom. The van der Waals surface area contributed by atoms with Crippen molar-refractivity contribution in [3.8, 4) is 0 Å². The number of carbonyl (C=O) groups is 2. The predicted octanol–water partition coefficient (Wildman–Crippen LogP) is 3.88. The molecule has 0 radical (unpaired) electrons. The molecule has 33 heavy (non-hydrogen) atoms. The molecule has 2 aliphatic rings. The standard InChI is InChI=1S/2C10H14N2.C5H8O4/c2*1-12-7-3-5-10(12)9-4-2-6-11-8-9;1-5(2,3(6)7)4(8)9/h2*2,4,6,8,10H,3,5,7H2,1H3;1-2H3,(H,6,7)(H,8,9). The Kier molecular flexibility index (Phi) is 9.94. The van der Waals surface area contributed by atoms with Crippen molar-refractivity contribution >= 4 is 11.9 Å². The molecule has 2 atom stereocenters. The number of hydrogen-bond acceptors (Lipinski definition) is 6. The number of carboxylic acid groups (broad SMARTS) is 2. The second-order valence-corrected chi connectivity index (χ2v) is 9.09. The van der Waals surface area contributed by atoms with Crippen LogP contribution < -0.4 is 0 Å². The zero-order valence-electron chi connectivity index (χ0n) is 20.0. The SMILES string of the molecule is CC(C)(C(=O)O)C(=O)O.CN1CCCC1c1cccnc1.CN1CCCC1c1cccnc1. The van der Waals surface area contributed by atoms with E-state index in [4.69, 9.17) is 10.2 Å². The average molecular weight is 457 g/mol. The van der Waals surface area contributed by atoms with Crippen LogP contribution in [0, 0.1) is 5.41 Å². The van der Waals surface area contributed by atoms with E-state index >= 15 is 0 Å². The number of pyridine rings is 2. The van der Waals surface area contributed by atoms with E-state index in [-0.39, 0.29) is 0 Å². The first-order valence-electron chi connectivity index (χ1n) is 11.3. The van der Waals surface area contributed by atoms with E-state index in [1.807, 2.05) is 36.9 Å². The van der Waals surface area contributed by atoms with Crippen LogP contribution in [-0.4, -0.2) is 69.1 Å². The van der Waals surface area contributed by atoms with Crippen LogP contribution in [0.15, 0.2) is 49.1 Å². The highest BCUT2D eigenvalue weighted by Crippen LogP contribution is 2.30. The van der Waals surface area contributed by atoms with E-state index in [0.29, 0.717) is 12.1 Å². The maximum Gasteiger partial charge on any atom is 0.320 e. The molecule has 0 spiro atoms. The Morgan fingerprint density at radius 3 is 1.45 bits per heavy atom. The van der Waals surface area contributed by atoms with Crippen LogP contribution in [0.25, 0.3) is 0 Å². The van der Waals surface area contributed by atoms with Gasteiger partial charge in [0, 0.05) is 36.9 Å². The summed E-state index contributed by atoms with van der Waals surface area (Å²) >= 11 is 0. The number of nitrogens with zero attached hydrogens (tertiary/aromatic N) is 4. The van der Waals surface area contributed by atoms with Gasteiger partial charge in [-0.25, -0.2) is 0 Å². The van der Waals surface area contributed by atoms with E-state index in [0.717, 1.165) is 13.8 Å². The van der Waals surface area contributed by atoms with E-state index in [1.165, 1.54) is 49.9 Å². The van der Waals surface area contributed by atoms with Crippen molar-refractivity contribution in [3.05, 3.63) is 60.2 Å². The number of hydrogen-bond donors (Lipinski definition) is 2. The molecule has 2 aromatic rings. The Morgan fingerprint density at radius 2 is 1.24 bits per heavy atom. The van der Waals surface area contributed by atoms with Crippen LogP contribution in [0.5, 0.6) is 0 Å². The summed E-state index contributed by atoms with van der Waals surface area (Å²) in [5.41, 5.74) is 1.05. The van der Waals surface area contributed by atoms with Gasteiger partial charge in [-0.3, -0.25) is 29.4 Å². The third-order valence-electron chi connectivity index (χ3n) is 6.25. The summed E-state index contributed by atoms with van der Waals surface area (Å²) in [6, 6.07) is 9.58. The summed E-state index contributed by atoms with van der Waals surface area (Å²) in [7, 11) is 4.37. The van der Waals surface area contributed by atoms with Crippen LogP contribution in [-0.2, 0) is 9.59 Å². The van der Waals surface area contributed by atoms with E-state index < -0.39 is 17.4 Å². The van der Waals surface area contributed by atoms with Gasteiger partial charge in [-0.2, -0.15) is 0 Å². The maximum absolute atomic E-state index is 10.1. The lowest BCUT2D eigenvalue weighted by molar-refractivity contribution is -0.161. The smallest absolute Gasteiger partial charge is 0.320 e. The summed E-state index contributed by atoms with van der Waals surface area (Å²) in [6.07, 6.45) is 12.8. The lowest BCUT2D eigenvalue weighted by Crippen LogP contribution is -2.32. The zero-order valence-corrected chi connectivity index (χ0v) is 20.0. The topological polar surface area (TPSA) is 107 Å². The van der Waals surface area contributed by atoms with Crippen molar-refractivity contribution < 1.29 is 19.8 Å². The van der Waals surface area contributed by atoms with Crippen molar-refractivity contribution in [2.75, 3.05) is 27.2 Å². The molecule has 8 heteroatoms. The zero-order chi connectivity index (χ0) is 24.4. The fraction of sp³-hybridized carbons (Fsp3) is 0.520. The molecule has 0 bridgehead atoms. The Bertz CT molecular complexity index is 805. The molecular formula is C25H36N4O4. The first kappa shape index (κ1) is 26.4. The van der Waals surface area contributed by atoms with Crippen molar-refractivity contribution in [2.45, 2.75) is 51.6 Å². The average Bonchev–Trinajstić information content (AvgIpc) is 3.43. The highest BCUT2D eigenvalue weighted by atomic mass is 16.4. The summed E-state index contributed by atoms with van der Waals surface area (Å²) < 4.78 is 0. The van der Waals surface area contributed by atoms with Crippen molar-refractivity contribution in [2.24, 2.45) is 5.41 Å². The van der Waals surface area contributed by atoms with E-state index in [9.17, 15) is 9.59 Å².